The van der Waals surface area contributed by atoms with Gasteiger partial charge in [-0.3, -0.25) is 0 Å². The molecule has 0 saturated heterocycles. The van der Waals surface area contributed by atoms with Crippen LogP contribution in [0.2, 0.25) is 0 Å². The van der Waals surface area contributed by atoms with E-state index in [2.05, 4.69) is 0 Å². The van der Waals surface area contributed by atoms with Crippen molar-refractivity contribution in [2.45, 2.75) is 12.6 Å². The van der Waals surface area contributed by atoms with Gasteiger partial charge in [0.2, 0.25) is 0 Å². The topological polar surface area (TPSA) is 26.9 Å². The summed E-state index contributed by atoms with van der Waals surface area (Å²) in [6.45, 7) is 0.477. The van der Waals surface area contributed by atoms with E-state index >= 15 is 0 Å². The second kappa shape index (κ2) is 4.71. The van der Waals surface area contributed by atoms with Gasteiger partial charge in [-0.2, -0.15) is 0 Å². The molecule has 1 aromatic heterocycles. The molecule has 0 saturated carbocycles. The second-order valence-corrected chi connectivity index (χ2v) is 3.47. The molecule has 0 aliphatic carbocycles. The molecule has 0 spiro atoms. The molecule has 0 bridgehead atoms. The smallest absolute Gasteiger partial charge is 0.168 e. The third kappa shape index (κ3) is 2.64. The van der Waals surface area contributed by atoms with Crippen LogP contribution >= 0.6 is 0 Å². The maximum Gasteiger partial charge on any atom is 0.168 e. The van der Waals surface area contributed by atoms with E-state index in [1.807, 2.05) is 65.5 Å². The molecular weight excluding hydrogens is 186 g/mol. The standard InChI is InChI=1S/C13H13NO/c15-13(12-7-3-1-4-8-12)11-14-9-5-2-6-10-14/h1-10,13H,11H2. The fourth-order valence-electron chi connectivity index (χ4n) is 1.52. The van der Waals surface area contributed by atoms with Gasteiger partial charge in [0.15, 0.2) is 12.4 Å². The van der Waals surface area contributed by atoms with E-state index in [0.29, 0.717) is 6.54 Å². The van der Waals surface area contributed by atoms with Crippen LogP contribution in [-0.2, 0) is 6.54 Å². The van der Waals surface area contributed by atoms with Gasteiger partial charge in [-0.1, -0.05) is 42.0 Å². The lowest BCUT2D eigenvalue weighted by Gasteiger charge is -2.18. The molecule has 2 rings (SSSR count). The Morgan fingerprint density at radius 3 is 2.20 bits per heavy atom. The number of rotatable bonds is 3. The normalized spacial score (nSPS) is 12.3. The predicted molar refractivity (Wildman–Crippen MR) is 55.8 cm³/mol. The Bertz CT molecular complexity index is 399. The van der Waals surface area contributed by atoms with Gasteiger partial charge in [0, 0.05) is 12.1 Å². The Hall–Kier alpha value is -1.67. The van der Waals surface area contributed by atoms with Crippen LogP contribution in [0.15, 0.2) is 60.9 Å². The number of hydrogen-bond acceptors (Lipinski definition) is 1. The average molecular weight is 199 g/mol. The molecule has 1 aromatic carbocycles. The lowest BCUT2D eigenvalue weighted by Crippen LogP contribution is -2.39. The Morgan fingerprint density at radius 2 is 1.53 bits per heavy atom. The van der Waals surface area contributed by atoms with Crippen molar-refractivity contribution >= 4 is 0 Å². The van der Waals surface area contributed by atoms with Crippen LogP contribution in [0.1, 0.15) is 11.7 Å². The lowest BCUT2D eigenvalue weighted by atomic mass is 10.1. The zero-order valence-electron chi connectivity index (χ0n) is 8.41. The highest BCUT2D eigenvalue weighted by molar-refractivity contribution is 5.16. The summed E-state index contributed by atoms with van der Waals surface area (Å²) in [5.74, 6) is 0. The first-order valence-electron chi connectivity index (χ1n) is 5.01. The molecule has 1 unspecified atom stereocenters. The van der Waals surface area contributed by atoms with E-state index < -0.39 is 6.10 Å². The lowest BCUT2D eigenvalue weighted by molar-refractivity contribution is -0.724. The minimum absolute atomic E-state index is 0.477. The molecule has 15 heavy (non-hydrogen) atoms. The molecule has 2 heteroatoms. The highest BCUT2D eigenvalue weighted by Crippen LogP contribution is 2.08. The van der Waals surface area contributed by atoms with Gasteiger partial charge in [-0.05, 0) is 6.10 Å². The van der Waals surface area contributed by atoms with Crippen molar-refractivity contribution in [2.24, 2.45) is 0 Å². The second-order valence-electron chi connectivity index (χ2n) is 3.47. The van der Waals surface area contributed by atoms with Gasteiger partial charge in [-0.15, -0.1) is 0 Å². The fraction of sp³-hybridized carbons (Fsp3) is 0.154. The quantitative estimate of drug-likeness (QED) is 0.679. The monoisotopic (exact) mass is 199 g/mol. The molecule has 0 aliphatic rings. The molecule has 2 nitrogen and oxygen atoms in total. The minimum Gasteiger partial charge on any atom is -0.844 e. The summed E-state index contributed by atoms with van der Waals surface area (Å²) < 4.78 is 1.91. The van der Waals surface area contributed by atoms with Crippen molar-refractivity contribution in [1.82, 2.24) is 0 Å². The van der Waals surface area contributed by atoms with Crippen molar-refractivity contribution in [2.75, 3.05) is 0 Å². The average Bonchev–Trinajstić information content (AvgIpc) is 2.31. The fourth-order valence-corrected chi connectivity index (χ4v) is 1.52. The van der Waals surface area contributed by atoms with Gasteiger partial charge in [0.25, 0.3) is 0 Å². The highest BCUT2D eigenvalue weighted by Gasteiger charge is 2.03. The number of aromatic nitrogens is 1. The Kier molecular flexibility index (Phi) is 3.10. The predicted octanol–water partition coefficient (Wildman–Crippen LogP) is 1.08. The van der Waals surface area contributed by atoms with Crippen LogP contribution in [0.25, 0.3) is 0 Å². The molecule has 0 amide bonds. The van der Waals surface area contributed by atoms with Gasteiger partial charge < -0.3 is 5.11 Å². The SMILES string of the molecule is [O-]C(C[n+]1ccccc1)c1ccccc1. The largest absolute Gasteiger partial charge is 0.844 e. The van der Waals surface area contributed by atoms with Gasteiger partial charge in [0.05, 0.1) is 0 Å². The van der Waals surface area contributed by atoms with Crippen molar-refractivity contribution in [1.29, 1.82) is 0 Å². The number of hydrogen-bond donors (Lipinski definition) is 0. The molecule has 0 radical (unpaired) electrons. The molecular formula is C13H13NO. The molecule has 2 aromatic rings. The Labute approximate surface area is 89.4 Å². The van der Waals surface area contributed by atoms with E-state index in [1.54, 1.807) is 0 Å². The summed E-state index contributed by atoms with van der Waals surface area (Å²) in [6, 6.07) is 15.3. The molecule has 1 atom stereocenters. The van der Waals surface area contributed by atoms with Crippen LogP contribution in [0.5, 0.6) is 0 Å². The van der Waals surface area contributed by atoms with Crippen LogP contribution in [0, 0.1) is 0 Å². The number of pyridine rings is 1. The van der Waals surface area contributed by atoms with Gasteiger partial charge in [0.1, 0.15) is 6.54 Å². The summed E-state index contributed by atoms with van der Waals surface area (Å²) in [4.78, 5) is 0. The maximum absolute atomic E-state index is 11.9. The number of nitrogens with zero attached hydrogens (tertiary/aromatic N) is 1. The third-order valence-corrected chi connectivity index (χ3v) is 2.33. The third-order valence-electron chi connectivity index (χ3n) is 2.33. The zero-order chi connectivity index (χ0) is 10.5. The molecule has 1 heterocycles. The van der Waals surface area contributed by atoms with Crippen molar-refractivity contribution < 1.29 is 9.67 Å². The molecule has 76 valence electrons. The maximum atomic E-state index is 11.9. The van der Waals surface area contributed by atoms with Gasteiger partial charge >= 0.3 is 0 Å². The first-order valence-corrected chi connectivity index (χ1v) is 5.01. The Balaban J connectivity index is 2.08. The van der Waals surface area contributed by atoms with E-state index in [4.69, 9.17) is 0 Å². The van der Waals surface area contributed by atoms with E-state index in [-0.39, 0.29) is 0 Å². The van der Waals surface area contributed by atoms with Gasteiger partial charge in [-0.25, -0.2) is 4.57 Å². The summed E-state index contributed by atoms with van der Waals surface area (Å²) in [6.07, 6.45) is 3.13. The van der Waals surface area contributed by atoms with Crippen molar-refractivity contribution in [3.63, 3.8) is 0 Å². The van der Waals surface area contributed by atoms with E-state index in [1.165, 1.54) is 0 Å². The van der Waals surface area contributed by atoms with Crippen molar-refractivity contribution in [3.8, 4) is 0 Å². The van der Waals surface area contributed by atoms with Crippen LogP contribution < -0.4 is 9.67 Å². The highest BCUT2D eigenvalue weighted by atomic mass is 16.3. The summed E-state index contributed by atoms with van der Waals surface area (Å²) in [5.41, 5.74) is 0.842. The van der Waals surface area contributed by atoms with Crippen LogP contribution in [-0.4, -0.2) is 0 Å². The van der Waals surface area contributed by atoms with Crippen molar-refractivity contribution in [3.05, 3.63) is 66.5 Å². The van der Waals surface area contributed by atoms with E-state index in [9.17, 15) is 5.11 Å². The summed E-state index contributed by atoms with van der Waals surface area (Å²) in [5, 5.41) is 11.9. The summed E-state index contributed by atoms with van der Waals surface area (Å²) >= 11 is 0. The Morgan fingerprint density at radius 1 is 0.933 bits per heavy atom. The molecule has 0 aliphatic heterocycles. The van der Waals surface area contributed by atoms with E-state index in [0.717, 1.165) is 5.56 Å². The molecule has 0 N–H and O–H groups in total. The first kappa shape index (κ1) is 9.87. The molecule has 0 fully saturated rings. The van der Waals surface area contributed by atoms with Crippen LogP contribution in [0.3, 0.4) is 0 Å². The van der Waals surface area contributed by atoms with Crippen LogP contribution in [0.4, 0.5) is 0 Å². The first-order chi connectivity index (χ1) is 7.36. The number of benzene rings is 1. The summed E-state index contributed by atoms with van der Waals surface area (Å²) in [7, 11) is 0. The zero-order valence-corrected chi connectivity index (χ0v) is 8.41. The minimum atomic E-state index is -0.696.